The SMILES string of the molecule is CCCCn1c(N)c(NCC2(C)CC2)c(=O)n(C)c1=O. The summed E-state index contributed by atoms with van der Waals surface area (Å²) in [6.45, 7) is 5.49. The summed E-state index contributed by atoms with van der Waals surface area (Å²) in [5.41, 5.74) is 5.97. The topological polar surface area (TPSA) is 82.0 Å². The lowest BCUT2D eigenvalue weighted by Gasteiger charge is -2.17. The lowest BCUT2D eigenvalue weighted by molar-refractivity contribution is 0.571. The fourth-order valence-electron chi connectivity index (χ4n) is 2.17. The number of aromatic nitrogens is 2. The molecule has 0 spiro atoms. The smallest absolute Gasteiger partial charge is 0.332 e. The number of hydrogen-bond acceptors (Lipinski definition) is 4. The molecule has 1 saturated carbocycles. The second kappa shape index (κ2) is 5.34. The minimum Gasteiger partial charge on any atom is -0.383 e. The zero-order chi connectivity index (χ0) is 14.9. The Balaban J connectivity index is 2.36. The van der Waals surface area contributed by atoms with Crippen LogP contribution in [0.3, 0.4) is 0 Å². The van der Waals surface area contributed by atoms with E-state index in [4.69, 9.17) is 5.73 Å². The molecule has 0 atom stereocenters. The molecule has 0 bridgehead atoms. The average Bonchev–Trinajstić information content (AvgIpc) is 3.14. The van der Waals surface area contributed by atoms with E-state index in [9.17, 15) is 9.59 Å². The van der Waals surface area contributed by atoms with Crippen LogP contribution in [0, 0.1) is 5.41 Å². The first-order valence-corrected chi connectivity index (χ1v) is 7.23. The molecule has 0 amide bonds. The molecule has 112 valence electrons. The number of rotatable bonds is 6. The van der Waals surface area contributed by atoms with Crippen LogP contribution >= 0.6 is 0 Å². The quantitative estimate of drug-likeness (QED) is 0.818. The molecule has 0 unspecified atom stereocenters. The molecule has 3 N–H and O–H groups in total. The van der Waals surface area contributed by atoms with Crippen molar-refractivity contribution in [3.63, 3.8) is 0 Å². The van der Waals surface area contributed by atoms with E-state index in [2.05, 4.69) is 19.2 Å². The van der Waals surface area contributed by atoms with Gasteiger partial charge in [0.25, 0.3) is 5.56 Å². The largest absolute Gasteiger partial charge is 0.383 e. The Kier molecular flexibility index (Phi) is 3.92. The van der Waals surface area contributed by atoms with E-state index in [1.54, 1.807) is 0 Å². The van der Waals surface area contributed by atoms with Gasteiger partial charge in [0.05, 0.1) is 0 Å². The van der Waals surface area contributed by atoms with Crippen LogP contribution in [-0.2, 0) is 13.6 Å². The molecular formula is C14H24N4O2. The van der Waals surface area contributed by atoms with Crippen molar-refractivity contribution in [2.24, 2.45) is 12.5 Å². The van der Waals surface area contributed by atoms with E-state index in [0.717, 1.165) is 36.8 Å². The van der Waals surface area contributed by atoms with Crippen LogP contribution in [0.15, 0.2) is 9.59 Å². The van der Waals surface area contributed by atoms with E-state index < -0.39 is 0 Å². The molecule has 1 aromatic rings. The fraction of sp³-hybridized carbons (Fsp3) is 0.714. The Morgan fingerprint density at radius 3 is 2.55 bits per heavy atom. The Morgan fingerprint density at radius 1 is 1.35 bits per heavy atom. The summed E-state index contributed by atoms with van der Waals surface area (Å²) >= 11 is 0. The van der Waals surface area contributed by atoms with Crippen LogP contribution in [0.1, 0.15) is 39.5 Å². The maximum absolute atomic E-state index is 12.2. The van der Waals surface area contributed by atoms with Crippen molar-refractivity contribution in [3.05, 3.63) is 20.8 Å². The summed E-state index contributed by atoms with van der Waals surface area (Å²) in [5, 5.41) is 3.15. The monoisotopic (exact) mass is 280 g/mol. The van der Waals surface area contributed by atoms with Gasteiger partial charge in [0.2, 0.25) is 0 Å². The third-order valence-corrected chi connectivity index (χ3v) is 4.11. The third kappa shape index (κ3) is 2.73. The summed E-state index contributed by atoms with van der Waals surface area (Å²) in [6, 6.07) is 0. The molecule has 0 radical (unpaired) electrons. The summed E-state index contributed by atoms with van der Waals surface area (Å²) in [6.07, 6.45) is 4.15. The van der Waals surface area contributed by atoms with E-state index in [-0.39, 0.29) is 22.5 Å². The minimum absolute atomic E-state index is 0.260. The first-order chi connectivity index (χ1) is 9.39. The number of nitrogens with one attached hydrogen (secondary N) is 1. The van der Waals surface area contributed by atoms with Crippen molar-refractivity contribution in [2.45, 2.75) is 46.1 Å². The molecular weight excluding hydrogens is 256 g/mol. The standard InChI is InChI=1S/C14H24N4O2/c1-4-5-8-18-11(15)10(12(19)17(3)13(18)20)16-9-14(2)6-7-14/h16H,4-9,15H2,1-3H3. The van der Waals surface area contributed by atoms with Crippen LogP contribution in [0.5, 0.6) is 0 Å². The molecule has 1 aliphatic rings. The molecule has 1 aromatic heterocycles. The summed E-state index contributed by atoms with van der Waals surface area (Å²) in [7, 11) is 1.50. The molecule has 0 aliphatic heterocycles. The zero-order valence-electron chi connectivity index (χ0n) is 12.5. The molecule has 1 aliphatic carbocycles. The van der Waals surface area contributed by atoms with E-state index in [1.165, 1.54) is 11.6 Å². The van der Waals surface area contributed by atoms with Crippen LogP contribution in [0.25, 0.3) is 0 Å². The van der Waals surface area contributed by atoms with Gasteiger partial charge in [-0.3, -0.25) is 13.9 Å². The van der Waals surface area contributed by atoms with Crippen molar-refractivity contribution in [2.75, 3.05) is 17.6 Å². The lowest BCUT2D eigenvalue weighted by atomic mass is 10.1. The van der Waals surface area contributed by atoms with Crippen molar-refractivity contribution < 1.29 is 0 Å². The summed E-state index contributed by atoms with van der Waals surface area (Å²) in [4.78, 5) is 24.3. The zero-order valence-corrected chi connectivity index (χ0v) is 12.5. The molecule has 0 aromatic carbocycles. The fourth-order valence-corrected chi connectivity index (χ4v) is 2.17. The third-order valence-electron chi connectivity index (χ3n) is 4.11. The minimum atomic E-state index is -0.343. The molecule has 6 nitrogen and oxygen atoms in total. The Labute approximate surface area is 118 Å². The van der Waals surface area contributed by atoms with Gasteiger partial charge in [-0.25, -0.2) is 4.79 Å². The van der Waals surface area contributed by atoms with Gasteiger partial charge >= 0.3 is 5.69 Å². The van der Waals surface area contributed by atoms with Crippen LogP contribution in [0.4, 0.5) is 11.5 Å². The van der Waals surface area contributed by atoms with Gasteiger partial charge in [-0.2, -0.15) is 0 Å². The van der Waals surface area contributed by atoms with Gasteiger partial charge in [0, 0.05) is 20.1 Å². The van der Waals surface area contributed by atoms with Gasteiger partial charge in [-0.15, -0.1) is 0 Å². The normalized spacial score (nSPS) is 16.1. The van der Waals surface area contributed by atoms with Gasteiger partial charge in [0.15, 0.2) is 0 Å². The van der Waals surface area contributed by atoms with Gasteiger partial charge in [-0.05, 0) is 24.7 Å². The highest BCUT2D eigenvalue weighted by Gasteiger charge is 2.37. The van der Waals surface area contributed by atoms with Gasteiger partial charge in [-0.1, -0.05) is 20.3 Å². The number of hydrogen-bond donors (Lipinski definition) is 2. The molecule has 1 heterocycles. The first kappa shape index (κ1) is 14.7. The lowest BCUT2D eigenvalue weighted by Crippen LogP contribution is -2.41. The van der Waals surface area contributed by atoms with Crippen LogP contribution in [0.2, 0.25) is 0 Å². The van der Waals surface area contributed by atoms with E-state index in [1.807, 2.05) is 0 Å². The van der Waals surface area contributed by atoms with Crippen LogP contribution in [-0.4, -0.2) is 15.7 Å². The highest BCUT2D eigenvalue weighted by Crippen LogP contribution is 2.44. The predicted molar refractivity (Wildman–Crippen MR) is 81.1 cm³/mol. The average molecular weight is 280 g/mol. The molecule has 6 heteroatoms. The number of nitrogens with zero attached hydrogens (tertiary/aromatic N) is 2. The molecule has 2 rings (SSSR count). The summed E-state index contributed by atoms with van der Waals surface area (Å²) < 4.78 is 2.62. The molecule has 0 saturated heterocycles. The van der Waals surface area contributed by atoms with Crippen molar-refractivity contribution in [1.29, 1.82) is 0 Å². The van der Waals surface area contributed by atoms with E-state index in [0.29, 0.717) is 12.2 Å². The van der Waals surface area contributed by atoms with Gasteiger partial charge < -0.3 is 11.1 Å². The number of nitrogen functional groups attached to an aromatic ring is 1. The number of unbranched alkanes of at least 4 members (excludes halogenated alkanes) is 1. The second-order valence-electron chi connectivity index (χ2n) is 6.08. The summed E-state index contributed by atoms with van der Waals surface area (Å²) in [5.74, 6) is 0.260. The maximum atomic E-state index is 12.2. The predicted octanol–water partition coefficient (Wildman–Crippen LogP) is 1.14. The highest BCUT2D eigenvalue weighted by molar-refractivity contribution is 5.60. The molecule has 1 fully saturated rings. The Morgan fingerprint density at radius 2 is 2.00 bits per heavy atom. The van der Waals surface area contributed by atoms with Crippen molar-refractivity contribution >= 4 is 11.5 Å². The maximum Gasteiger partial charge on any atom is 0.332 e. The van der Waals surface area contributed by atoms with Crippen LogP contribution < -0.4 is 22.3 Å². The number of nitrogens with two attached hydrogens (primary N) is 1. The molecule has 20 heavy (non-hydrogen) atoms. The second-order valence-corrected chi connectivity index (χ2v) is 6.08. The Hall–Kier alpha value is -1.72. The number of anilines is 2. The van der Waals surface area contributed by atoms with Crippen molar-refractivity contribution in [1.82, 2.24) is 9.13 Å². The first-order valence-electron chi connectivity index (χ1n) is 7.23. The highest BCUT2D eigenvalue weighted by atomic mass is 16.2. The van der Waals surface area contributed by atoms with Crippen molar-refractivity contribution in [3.8, 4) is 0 Å². The Bertz CT molecular complexity index is 611. The van der Waals surface area contributed by atoms with Gasteiger partial charge in [0.1, 0.15) is 11.5 Å². The van der Waals surface area contributed by atoms with E-state index >= 15 is 0 Å².